The number of rotatable bonds is 5. The smallest absolute Gasteiger partial charge is 0.258 e. The van der Waals surface area contributed by atoms with Crippen molar-refractivity contribution in [2.75, 3.05) is 26.7 Å². The van der Waals surface area contributed by atoms with Crippen molar-refractivity contribution in [3.8, 4) is 11.5 Å². The molecule has 170 valence electrons. The number of likely N-dealkylation sites (tertiary alicyclic amines) is 2. The molecule has 2 aliphatic heterocycles. The van der Waals surface area contributed by atoms with Gasteiger partial charge in [-0.2, -0.15) is 0 Å². The standard InChI is InChI=1S/C25H31N3O4/c1-18(29)27-14-10-20(11-15-27)32-24-9-8-21(31-2)16-22(24)25(30)28-13-4-3-7-23(28)19-6-5-12-26-17-19/h5-6,8-9,12,16-17,20,23H,3-4,7,10-11,13-15H2,1-2H3/t23-/m1/s1. The van der Waals surface area contributed by atoms with Crippen LogP contribution in [0.4, 0.5) is 0 Å². The summed E-state index contributed by atoms with van der Waals surface area (Å²) < 4.78 is 11.7. The van der Waals surface area contributed by atoms with Gasteiger partial charge in [0.15, 0.2) is 0 Å². The van der Waals surface area contributed by atoms with E-state index >= 15 is 0 Å². The monoisotopic (exact) mass is 437 g/mol. The van der Waals surface area contributed by atoms with Gasteiger partial charge in [0.1, 0.15) is 17.6 Å². The fraction of sp³-hybridized carbons (Fsp3) is 0.480. The van der Waals surface area contributed by atoms with Gasteiger partial charge < -0.3 is 19.3 Å². The predicted octanol–water partition coefficient (Wildman–Crippen LogP) is 3.85. The number of ether oxygens (including phenoxy) is 2. The van der Waals surface area contributed by atoms with Gasteiger partial charge in [0.2, 0.25) is 5.91 Å². The maximum Gasteiger partial charge on any atom is 0.258 e. The number of nitrogens with zero attached hydrogens (tertiary/aromatic N) is 3. The summed E-state index contributed by atoms with van der Waals surface area (Å²) in [6, 6.07) is 9.38. The first-order chi connectivity index (χ1) is 15.6. The number of hydrogen-bond donors (Lipinski definition) is 0. The fourth-order valence-corrected chi connectivity index (χ4v) is 4.62. The van der Waals surface area contributed by atoms with E-state index in [-0.39, 0.29) is 24.0 Å². The number of carbonyl (C=O) groups is 2. The maximum absolute atomic E-state index is 13.8. The second kappa shape index (κ2) is 10.0. The van der Waals surface area contributed by atoms with Crippen molar-refractivity contribution < 1.29 is 19.1 Å². The first-order valence-electron chi connectivity index (χ1n) is 11.4. The molecule has 1 atom stereocenters. The van der Waals surface area contributed by atoms with Crippen LogP contribution in [0, 0.1) is 0 Å². The van der Waals surface area contributed by atoms with Crippen LogP contribution in [0.2, 0.25) is 0 Å². The van der Waals surface area contributed by atoms with Crippen molar-refractivity contribution in [2.45, 2.75) is 51.2 Å². The van der Waals surface area contributed by atoms with Crippen molar-refractivity contribution in [3.05, 3.63) is 53.9 Å². The Morgan fingerprint density at radius 3 is 2.56 bits per heavy atom. The number of piperidine rings is 2. The molecular weight excluding hydrogens is 406 g/mol. The lowest BCUT2D eigenvalue weighted by molar-refractivity contribution is -0.130. The lowest BCUT2D eigenvalue weighted by Crippen LogP contribution is -2.41. The number of amides is 2. The minimum absolute atomic E-state index is 0.00260. The molecule has 0 N–H and O–H groups in total. The zero-order chi connectivity index (χ0) is 22.5. The van der Waals surface area contributed by atoms with Gasteiger partial charge in [-0.1, -0.05) is 6.07 Å². The van der Waals surface area contributed by atoms with Gasteiger partial charge in [0, 0.05) is 51.8 Å². The van der Waals surface area contributed by atoms with Gasteiger partial charge in [-0.25, -0.2) is 0 Å². The molecule has 1 aromatic heterocycles. The lowest BCUT2D eigenvalue weighted by atomic mass is 9.95. The van der Waals surface area contributed by atoms with Crippen LogP contribution in [0.3, 0.4) is 0 Å². The molecule has 0 saturated carbocycles. The van der Waals surface area contributed by atoms with Crippen molar-refractivity contribution in [2.24, 2.45) is 0 Å². The Morgan fingerprint density at radius 2 is 1.88 bits per heavy atom. The van der Waals surface area contributed by atoms with E-state index in [1.807, 2.05) is 40.3 Å². The molecule has 2 aromatic rings. The molecule has 3 heterocycles. The summed E-state index contributed by atoms with van der Waals surface area (Å²) in [7, 11) is 1.60. The van der Waals surface area contributed by atoms with Gasteiger partial charge >= 0.3 is 0 Å². The zero-order valence-corrected chi connectivity index (χ0v) is 18.8. The number of pyridine rings is 1. The van der Waals surface area contributed by atoms with Crippen molar-refractivity contribution in [1.29, 1.82) is 0 Å². The van der Waals surface area contributed by atoms with Gasteiger partial charge in [0.25, 0.3) is 5.91 Å². The Morgan fingerprint density at radius 1 is 1.06 bits per heavy atom. The molecule has 0 aliphatic carbocycles. The Balaban J connectivity index is 1.57. The lowest BCUT2D eigenvalue weighted by Gasteiger charge is -2.37. The minimum Gasteiger partial charge on any atom is -0.497 e. The third-order valence-electron chi connectivity index (χ3n) is 6.43. The Hall–Kier alpha value is -3.09. The number of benzene rings is 1. The second-order valence-corrected chi connectivity index (χ2v) is 8.48. The first kappa shape index (κ1) is 22.1. The zero-order valence-electron chi connectivity index (χ0n) is 18.8. The highest BCUT2D eigenvalue weighted by Crippen LogP contribution is 2.35. The molecule has 4 rings (SSSR count). The predicted molar refractivity (Wildman–Crippen MR) is 121 cm³/mol. The molecule has 0 spiro atoms. The summed E-state index contributed by atoms with van der Waals surface area (Å²) in [5.74, 6) is 1.25. The third-order valence-corrected chi connectivity index (χ3v) is 6.43. The van der Waals surface area contributed by atoms with Gasteiger partial charge in [0.05, 0.1) is 18.7 Å². The van der Waals surface area contributed by atoms with E-state index in [0.717, 1.165) is 37.7 Å². The highest BCUT2D eigenvalue weighted by atomic mass is 16.5. The first-order valence-corrected chi connectivity index (χ1v) is 11.4. The largest absolute Gasteiger partial charge is 0.497 e. The van der Waals surface area contributed by atoms with Crippen LogP contribution in [0.25, 0.3) is 0 Å². The molecule has 7 nitrogen and oxygen atoms in total. The van der Waals surface area contributed by atoms with Crippen molar-refractivity contribution in [3.63, 3.8) is 0 Å². The van der Waals surface area contributed by atoms with Gasteiger partial charge in [-0.05, 0) is 49.1 Å². The van der Waals surface area contributed by atoms with Crippen LogP contribution >= 0.6 is 0 Å². The molecule has 2 saturated heterocycles. The Kier molecular flexibility index (Phi) is 6.93. The molecular formula is C25H31N3O4. The molecule has 2 amide bonds. The number of carbonyl (C=O) groups excluding carboxylic acids is 2. The average molecular weight is 438 g/mol. The summed E-state index contributed by atoms with van der Waals surface area (Å²) in [6.45, 7) is 3.65. The number of hydrogen-bond acceptors (Lipinski definition) is 5. The van der Waals surface area contributed by atoms with Crippen LogP contribution in [0.15, 0.2) is 42.7 Å². The van der Waals surface area contributed by atoms with Crippen LogP contribution in [0.1, 0.15) is 61.0 Å². The Labute approximate surface area is 189 Å². The molecule has 0 radical (unpaired) electrons. The molecule has 32 heavy (non-hydrogen) atoms. The molecule has 0 unspecified atom stereocenters. The van der Waals surface area contributed by atoms with E-state index in [0.29, 0.717) is 36.7 Å². The quantitative estimate of drug-likeness (QED) is 0.711. The van der Waals surface area contributed by atoms with E-state index in [2.05, 4.69) is 4.98 Å². The van der Waals surface area contributed by atoms with Crippen molar-refractivity contribution in [1.82, 2.24) is 14.8 Å². The van der Waals surface area contributed by atoms with Crippen LogP contribution in [-0.4, -0.2) is 59.4 Å². The van der Waals surface area contributed by atoms with E-state index in [1.54, 1.807) is 26.3 Å². The summed E-state index contributed by atoms with van der Waals surface area (Å²) >= 11 is 0. The van der Waals surface area contributed by atoms with E-state index in [4.69, 9.17) is 9.47 Å². The highest BCUT2D eigenvalue weighted by Gasteiger charge is 2.31. The van der Waals surface area contributed by atoms with Crippen LogP contribution in [0.5, 0.6) is 11.5 Å². The normalized spacial score (nSPS) is 19.5. The highest BCUT2D eigenvalue weighted by molar-refractivity contribution is 5.97. The SMILES string of the molecule is COc1ccc(OC2CCN(C(C)=O)CC2)c(C(=O)N2CCCC[C@@H]2c2cccnc2)c1. The molecule has 1 aromatic carbocycles. The summed E-state index contributed by atoms with van der Waals surface area (Å²) in [5.41, 5.74) is 1.58. The van der Waals surface area contributed by atoms with Crippen LogP contribution in [-0.2, 0) is 4.79 Å². The average Bonchev–Trinajstić information content (AvgIpc) is 2.84. The molecule has 0 bridgehead atoms. The minimum atomic E-state index is -0.0476. The van der Waals surface area contributed by atoms with Gasteiger partial charge in [-0.3, -0.25) is 14.6 Å². The van der Waals surface area contributed by atoms with Crippen molar-refractivity contribution >= 4 is 11.8 Å². The fourth-order valence-electron chi connectivity index (χ4n) is 4.62. The second-order valence-electron chi connectivity index (χ2n) is 8.48. The maximum atomic E-state index is 13.8. The summed E-state index contributed by atoms with van der Waals surface area (Å²) in [5, 5.41) is 0. The van der Waals surface area contributed by atoms with E-state index in [9.17, 15) is 9.59 Å². The third kappa shape index (κ3) is 4.87. The van der Waals surface area contributed by atoms with Gasteiger partial charge in [-0.15, -0.1) is 0 Å². The number of aromatic nitrogens is 1. The van der Waals surface area contributed by atoms with E-state index in [1.165, 1.54) is 0 Å². The summed E-state index contributed by atoms with van der Waals surface area (Å²) in [4.78, 5) is 33.4. The molecule has 7 heteroatoms. The van der Waals surface area contributed by atoms with Crippen LogP contribution < -0.4 is 9.47 Å². The topological polar surface area (TPSA) is 72.0 Å². The summed E-state index contributed by atoms with van der Waals surface area (Å²) in [6.07, 6.45) is 8.06. The Bertz CT molecular complexity index is 941. The molecule has 2 fully saturated rings. The molecule has 2 aliphatic rings. The van der Waals surface area contributed by atoms with E-state index < -0.39 is 0 Å². The number of methoxy groups -OCH3 is 1.